The molecule has 0 saturated heterocycles. The van der Waals surface area contributed by atoms with E-state index >= 15 is 0 Å². The van der Waals surface area contributed by atoms with Gasteiger partial charge in [0, 0.05) is 17.6 Å². The average Bonchev–Trinajstić information content (AvgIpc) is 3.21. The minimum absolute atomic E-state index is 0.0770. The Labute approximate surface area is 174 Å². The van der Waals surface area contributed by atoms with Gasteiger partial charge in [-0.15, -0.1) is 0 Å². The highest BCUT2D eigenvalue weighted by Crippen LogP contribution is 2.14. The summed E-state index contributed by atoms with van der Waals surface area (Å²) in [6, 6.07) is 16.8. The van der Waals surface area contributed by atoms with Crippen molar-refractivity contribution < 1.29 is 14.3 Å². The van der Waals surface area contributed by atoms with Crippen LogP contribution in [-0.2, 0) is 16.0 Å². The molecule has 0 radical (unpaired) electrons. The zero-order chi connectivity index (χ0) is 20.6. The van der Waals surface area contributed by atoms with Crippen LogP contribution < -0.4 is 5.32 Å². The summed E-state index contributed by atoms with van der Waals surface area (Å²) in [5.41, 5.74) is 3.25. The molecule has 1 N–H and O–H groups in total. The van der Waals surface area contributed by atoms with Gasteiger partial charge >= 0.3 is 5.97 Å². The van der Waals surface area contributed by atoms with E-state index in [1.807, 2.05) is 37.3 Å². The third-order valence-electron chi connectivity index (χ3n) is 4.29. The summed E-state index contributed by atoms with van der Waals surface area (Å²) in [5.74, 6) is -0.619. The summed E-state index contributed by atoms with van der Waals surface area (Å²) in [7, 11) is 0. The fourth-order valence-electron chi connectivity index (χ4n) is 2.70. The molecule has 1 aromatic heterocycles. The summed E-state index contributed by atoms with van der Waals surface area (Å²) in [4.78, 5) is 24.0. The molecular weight excluding hydrogens is 390 g/mol. The van der Waals surface area contributed by atoms with Crippen molar-refractivity contribution in [3.8, 4) is 5.69 Å². The van der Waals surface area contributed by atoms with Gasteiger partial charge in [-0.05, 0) is 43.2 Å². The van der Waals surface area contributed by atoms with Gasteiger partial charge in [-0.3, -0.25) is 4.79 Å². The second kappa shape index (κ2) is 9.89. The Balaban J connectivity index is 1.38. The van der Waals surface area contributed by atoms with Crippen LogP contribution in [0.3, 0.4) is 0 Å². The van der Waals surface area contributed by atoms with Crippen molar-refractivity contribution in [2.24, 2.45) is 0 Å². The van der Waals surface area contributed by atoms with Crippen molar-refractivity contribution in [3.63, 3.8) is 0 Å². The van der Waals surface area contributed by atoms with E-state index in [1.165, 1.54) is 5.56 Å². The Bertz CT molecular complexity index is 983. The lowest BCUT2D eigenvalue weighted by Crippen LogP contribution is -2.28. The van der Waals surface area contributed by atoms with Crippen molar-refractivity contribution in [2.45, 2.75) is 19.8 Å². The summed E-state index contributed by atoms with van der Waals surface area (Å²) < 4.78 is 6.72. The predicted molar refractivity (Wildman–Crippen MR) is 111 cm³/mol. The van der Waals surface area contributed by atoms with Crippen LogP contribution in [0.25, 0.3) is 5.69 Å². The number of nitrogens with one attached hydrogen (secondary N) is 1. The van der Waals surface area contributed by atoms with Gasteiger partial charge in [0.2, 0.25) is 5.91 Å². The van der Waals surface area contributed by atoms with Crippen LogP contribution in [0.1, 0.15) is 28.0 Å². The first kappa shape index (κ1) is 20.6. The van der Waals surface area contributed by atoms with E-state index in [4.69, 9.17) is 16.3 Å². The van der Waals surface area contributed by atoms with Crippen LogP contribution in [-0.4, -0.2) is 34.8 Å². The van der Waals surface area contributed by atoms with E-state index in [0.29, 0.717) is 17.9 Å². The standard InChI is InChI=1S/C22H22ClN3O3/c1-16-5-7-17(8-6-16)9-10-21(27)24-12-14-29-22(28)20-11-13-26(25-20)19-4-2-3-18(23)15-19/h2-8,11,13,15H,9-10,12,14H2,1H3,(H,24,27). The fraction of sp³-hybridized carbons (Fsp3) is 0.227. The number of hydrogen-bond donors (Lipinski definition) is 1. The number of hydrogen-bond acceptors (Lipinski definition) is 4. The molecule has 0 aliphatic rings. The normalized spacial score (nSPS) is 10.6. The molecule has 0 unspecified atom stereocenters. The van der Waals surface area contributed by atoms with Crippen molar-refractivity contribution in [1.82, 2.24) is 15.1 Å². The lowest BCUT2D eigenvalue weighted by molar-refractivity contribution is -0.121. The smallest absolute Gasteiger partial charge is 0.358 e. The van der Waals surface area contributed by atoms with Crippen molar-refractivity contribution in [2.75, 3.05) is 13.2 Å². The number of aromatic nitrogens is 2. The van der Waals surface area contributed by atoms with Crippen LogP contribution in [0.15, 0.2) is 60.8 Å². The molecule has 0 spiro atoms. The lowest BCUT2D eigenvalue weighted by Gasteiger charge is -2.06. The molecule has 3 aromatic rings. The zero-order valence-electron chi connectivity index (χ0n) is 16.1. The SMILES string of the molecule is Cc1ccc(CCC(=O)NCCOC(=O)c2ccn(-c3cccc(Cl)c3)n2)cc1. The number of benzene rings is 2. The molecule has 3 rings (SSSR count). The summed E-state index contributed by atoms with van der Waals surface area (Å²) in [6.07, 6.45) is 2.73. The molecule has 1 amide bonds. The topological polar surface area (TPSA) is 73.2 Å². The average molecular weight is 412 g/mol. The summed E-state index contributed by atoms with van der Waals surface area (Å²) in [6.45, 7) is 2.37. The molecule has 6 nitrogen and oxygen atoms in total. The number of rotatable bonds is 8. The van der Waals surface area contributed by atoms with Gasteiger partial charge in [0.25, 0.3) is 0 Å². The maximum atomic E-state index is 12.1. The number of carbonyl (C=O) groups excluding carboxylic acids is 2. The molecule has 0 atom stereocenters. The number of aryl methyl sites for hydroxylation is 2. The van der Waals surface area contributed by atoms with Gasteiger partial charge in [-0.2, -0.15) is 5.10 Å². The quantitative estimate of drug-likeness (QED) is 0.452. The Morgan fingerprint density at radius 2 is 1.93 bits per heavy atom. The summed E-state index contributed by atoms with van der Waals surface area (Å²) in [5, 5.41) is 7.54. The van der Waals surface area contributed by atoms with Gasteiger partial charge < -0.3 is 10.1 Å². The number of carbonyl (C=O) groups is 2. The molecule has 0 saturated carbocycles. The van der Waals surface area contributed by atoms with E-state index < -0.39 is 5.97 Å². The van der Waals surface area contributed by atoms with Crippen molar-refractivity contribution >= 4 is 23.5 Å². The highest BCUT2D eigenvalue weighted by Gasteiger charge is 2.12. The number of nitrogens with zero attached hydrogens (tertiary/aromatic N) is 2. The van der Waals surface area contributed by atoms with Crippen LogP contribution >= 0.6 is 11.6 Å². The van der Waals surface area contributed by atoms with Gasteiger partial charge in [0.1, 0.15) is 6.61 Å². The predicted octanol–water partition coefficient (Wildman–Crippen LogP) is 3.74. The lowest BCUT2D eigenvalue weighted by atomic mass is 10.1. The van der Waals surface area contributed by atoms with Gasteiger partial charge in [-0.1, -0.05) is 47.5 Å². The van der Waals surface area contributed by atoms with Crippen LogP contribution in [0.4, 0.5) is 0 Å². The van der Waals surface area contributed by atoms with E-state index in [0.717, 1.165) is 11.3 Å². The molecule has 0 aliphatic heterocycles. The minimum Gasteiger partial charge on any atom is -0.459 e. The fourth-order valence-corrected chi connectivity index (χ4v) is 2.89. The van der Waals surface area contributed by atoms with E-state index in [1.54, 1.807) is 35.1 Å². The second-order valence-electron chi connectivity index (χ2n) is 6.60. The Morgan fingerprint density at radius 1 is 1.14 bits per heavy atom. The third kappa shape index (κ3) is 6.19. The van der Waals surface area contributed by atoms with E-state index in [-0.39, 0.29) is 24.8 Å². The zero-order valence-corrected chi connectivity index (χ0v) is 16.9. The largest absolute Gasteiger partial charge is 0.459 e. The Hall–Kier alpha value is -3.12. The molecule has 1 heterocycles. The molecule has 0 fully saturated rings. The first-order valence-electron chi connectivity index (χ1n) is 9.32. The Kier molecular flexibility index (Phi) is 7.03. The summed E-state index contributed by atoms with van der Waals surface area (Å²) >= 11 is 5.97. The first-order chi connectivity index (χ1) is 14.0. The van der Waals surface area contributed by atoms with Crippen LogP contribution in [0.2, 0.25) is 5.02 Å². The number of halogens is 1. The van der Waals surface area contributed by atoms with E-state index in [9.17, 15) is 9.59 Å². The van der Waals surface area contributed by atoms with Gasteiger partial charge in [-0.25, -0.2) is 9.48 Å². The molecule has 0 bridgehead atoms. The highest BCUT2D eigenvalue weighted by molar-refractivity contribution is 6.30. The Morgan fingerprint density at radius 3 is 2.69 bits per heavy atom. The third-order valence-corrected chi connectivity index (χ3v) is 4.52. The highest BCUT2D eigenvalue weighted by atomic mass is 35.5. The van der Waals surface area contributed by atoms with Crippen LogP contribution in [0, 0.1) is 6.92 Å². The van der Waals surface area contributed by atoms with Crippen molar-refractivity contribution in [3.05, 3.63) is 82.6 Å². The maximum Gasteiger partial charge on any atom is 0.358 e. The molecule has 150 valence electrons. The molecule has 2 aromatic carbocycles. The monoisotopic (exact) mass is 411 g/mol. The first-order valence-corrected chi connectivity index (χ1v) is 9.70. The van der Waals surface area contributed by atoms with Crippen LogP contribution in [0.5, 0.6) is 0 Å². The number of amides is 1. The molecular formula is C22H22ClN3O3. The number of esters is 1. The minimum atomic E-state index is -0.542. The van der Waals surface area contributed by atoms with Gasteiger partial charge in [0.05, 0.1) is 12.2 Å². The number of ether oxygens (including phenoxy) is 1. The van der Waals surface area contributed by atoms with Crippen molar-refractivity contribution in [1.29, 1.82) is 0 Å². The van der Waals surface area contributed by atoms with E-state index in [2.05, 4.69) is 10.4 Å². The molecule has 0 aliphatic carbocycles. The maximum absolute atomic E-state index is 12.1. The molecule has 7 heteroatoms. The molecule has 29 heavy (non-hydrogen) atoms. The van der Waals surface area contributed by atoms with Gasteiger partial charge in [0.15, 0.2) is 5.69 Å². The second-order valence-corrected chi connectivity index (χ2v) is 7.03.